The van der Waals surface area contributed by atoms with E-state index in [0.29, 0.717) is 27.9 Å². The number of carbonyl (C=O) groups excluding carboxylic acids is 1. The van der Waals surface area contributed by atoms with Crippen molar-refractivity contribution in [2.75, 3.05) is 5.32 Å². The Bertz CT molecular complexity index is 875. The molecule has 0 fully saturated rings. The molecule has 0 spiro atoms. The van der Waals surface area contributed by atoms with Gasteiger partial charge in [0.15, 0.2) is 0 Å². The zero-order chi connectivity index (χ0) is 16.9. The molecule has 0 saturated carbocycles. The minimum Gasteiger partial charge on any atom is -0.437 e. The molecule has 1 amide bonds. The third-order valence-corrected chi connectivity index (χ3v) is 3.85. The molecular formula is C17H11BrClN3O2. The standard InChI is InChI=1S/C17H11BrClN3O2/c18-11-4-5-15(19)14(8-11)17(23)22-12-2-1-3-13(9-12)24-16-10-20-6-7-21-16/h1-10H,(H,22,23). The lowest BCUT2D eigenvalue weighted by atomic mass is 10.2. The van der Waals surface area contributed by atoms with Crippen LogP contribution in [0, 0.1) is 0 Å². The highest BCUT2D eigenvalue weighted by atomic mass is 79.9. The summed E-state index contributed by atoms with van der Waals surface area (Å²) in [6, 6.07) is 12.1. The number of rotatable bonds is 4. The molecule has 0 bridgehead atoms. The van der Waals surface area contributed by atoms with E-state index in [4.69, 9.17) is 16.3 Å². The van der Waals surface area contributed by atoms with Gasteiger partial charge in [-0.25, -0.2) is 4.98 Å². The van der Waals surface area contributed by atoms with Crippen molar-refractivity contribution in [2.24, 2.45) is 0 Å². The van der Waals surface area contributed by atoms with E-state index in [-0.39, 0.29) is 5.91 Å². The van der Waals surface area contributed by atoms with Crippen molar-refractivity contribution in [3.05, 3.63) is 76.1 Å². The topological polar surface area (TPSA) is 64.1 Å². The zero-order valence-electron chi connectivity index (χ0n) is 12.2. The van der Waals surface area contributed by atoms with Gasteiger partial charge in [0, 0.05) is 28.6 Å². The van der Waals surface area contributed by atoms with Gasteiger partial charge in [-0.2, -0.15) is 0 Å². The van der Waals surface area contributed by atoms with Crippen LogP contribution in [0.5, 0.6) is 11.6 Å². The Labute approximate surface area is 151 Å². The van der Waals surface area contributed by atoms with Crippen LogP contribution in [0.15, 0.2) is 65.5 Å². The lowest BCUT2D eigenvalue weighted by Crippen LogP contribution is -2.12. The van der Waals surface area contributed by atoms with E-state index >= 15 is 0 Å². The SMILES string of the molecule is O=C(Nc1cccc(Oc2cnccn2)c1)c1cc(Br)ccc1Cl. The van der Waals surface area contributed by atoms with Crippen molar-refractivity contribution in [2.45, 2.75) is 0 Å². The summed E-state index contributed by atoms with van der Waals surface area (Å²) in [6.07, 6.45) is 4.61. The molecule has 0 aliphatic rings. The summed E-state index contributed by atoms with van der Waals surface area (Å²) >= 11 is 9.40. The van der Waals surface area contributed by atoms with E-state index in [1.807, 2.05) is 0 Å². The van der Waals surface area contributed by atoms with Gasteiger partial charge in [0.2, 0.25) is 5.88 Å². The molecule has 1 aromatic heterocycles. The summed E-state index contributed by atoms with van der Waals surface area (Å²) in [5, 5.41) is 3.17. The Hall–Kier alpha value is -2.44. The second-order valence-corrected chi connectivity index (χ2v) is 6.07. The third kappa shape index (κ3) is 4.10. The van der Waals surface area contributed by atoms with E-state index in [1.54, 1.807) is 48.7 Å². The van der Waals surface area contributed by atoms with Gasteiger partial charge in [-0.05, 0) is 30.3 Å². The molecule has 5 nitrogen and oxygen atoms in total. The summed E-state index contributed by atoms with van der Waals surface area (Å²) in [5.74, 6) is 0.600. The number of nitrogens with one attached hydrogen (secondary N) is 1. The van der Waals surface area contributed by atoms with Gasteiger partial charge in [-0.15, -0.1) is 0 Å². The molecule has 0 atom stereocenters. The Kier molecular flexibility index (Phi) is 5.08. The maximum Gasteiger partial charge on any atom is 0.257 e. The highest BCUT2D eigenvalue weighted by molar-refractivity contribution is 9.10. The van der Waals surface area contributed by atoms with Crippen LogP contribution >= 0.6 is 27.5 Å². The molecule has 3 aromatic rings. The maximum absolute atomic E-state index is 12.4. The van der Waals surface area contributed by atoms with Crippen molar-refractivity contribution in [1.29, 1.82) is 0 Å². The van der Waals surface area contributed by atoms with Crippen LogP contribution in [0.4, 0.5) is 5.69 Å². The minimum absolute atomic E-state index is 0.307. The lowest BCUT2D eigenvalue weighted by Gasteiger charge is -2.09. The number of anilines is 1. The first-order valence-corrected chi connectivity index (χ1v) is 8.09. The van der Waals surface area contributed by atoms with Gasteiger partial charge in [-0.3, -0.25) is 9.78 Å². The zero-order valence-corrected chi connectivity index (χ0v) is 14.6. The summed E-state index contributed by atoms with van der Waals surface area (Å²) in [4.78, 5) is 20.3. The molecule has 0 saturated heterocycles. The van der Waals surface area contributed by atoms with Gasteiger partial charge in [0.25, 0.3) is 5.91 Å². The van der Waals surface area contributed by atoms with Crippen molar-refractivity contribution < 1.29 is 9.53 Å². The molecule has 2 aromatic carbocycles. The molecule has 24 heavy (non-hydrogen) atoms. The molecule has 1 N–H and O–H groups in total. The highest BCUT2D eigenvalue weighted by Crippen LogP contribution is 2.25. The quantitative estimate of drug-likeness (QED) is 0.669. The van der Waals surface area contributed by atoms with E-state index in [2.05, 4.69) is 31.2 Å². The molecule has 0 radical (unpaired) electrons. The molecule has 0 unspecified atom stereocenters. The van der Waals surface area contributed by atoms with Gasteiger partial charge < -0.3 is 10.1 Å². The number of halogens is 2. The van der Waals surface area contributed by atoms with E-state index in [0.717, 1.165) is 4.47 Å². The Morgan fingerprint density at radius 3 is 2.83 bits per heavy atom. The number of carbonyl (C=O) groups is 1. The average Bonchev–Trinajstić information content (AvgIpc) is 2.58. The average molecular weight is 405 g/mol. The maximum atomic E-state index is 12.4. The van der Waals surface area contributed by atoms with Gasteiger partial charge in [-0.1, -0.05) is 33.6 Å². The predicted octanol–water partition coefficient (Wildman–Crippen LogP) is 4.94. The fourth-order valence-corrected chi connectivity index (χ4v) is 2.53. The number of amides is 1. The van der Waals surface area contributed by atoms with Gasteiger partial charge >= 0.3 is 0 Å². The molecule has 1 heterocycles. The molecule has 3 rings (SSSR count). The van der Waals surface area contributed by atoms with Crippen molar-refractivity contribution in [3.8, 4) is 11.6 Å². The third-order valence-electron chi connectivity index (χ3n) is 3.03. The number of hydrogen-bond donors (Lipinski definition) is 1. The van der Waals surface area contributed by atoms with Crippen molar-refractivity contribution in [3.63, 3.8) is 0 Å². The lowest BCUT2D eigenvalue weighted by molar-refractivity contribution is 0.102. The number of nitrogens with zero attached hydrogens (tertiary/aromatic N) is 2. The summed E-state index contributed by atoms with van der Waals surface area (Å²) in [6.45, 7) is 0. The first-order chi connectivity index (χ1) is 11.6. The van der Waals surface area contributed by atoms with Crippen LogP contribution in [-0.4, -0.2) is 15.9 Å². The van der Waals surface area contributed by atoms with E-state index < -0.39 is 0 Å². The Morgan fingerprint density at radius 2 is 2.04 bits per heavy atom. The van der Waals surface area contributed by atoms with E-state index in [1.165, 1.54) is 12.4 Å². The smallest absolute Gasteiger partial charge is 0.257 e. The fraction of sp³-hybridized carbons (Fsp3) is 0. The Morgan fingerprint density at radius 1 is 1.17 bits per heavy atom. The summed E-state index contributed by atoms with van der Waals surface area (Å²) < 4.78 is 6.37. The van der Waals surface area contributed by atoms with Crippen LogP contribution in [0.2, 0.25) is 5.02 Å². The van der Waals surface area contributed by atoms with E-state index in [9.17, 15) is 4.79 Å². The molecule has 7 heteroatoms. The first kappa shape index (κ1) is 16.4. The molecule has 0 aliphatic heterocycles. The van der Waals surface area contributed by atoms with Crippen LogP contribution in [0.3, 0.4) is 0 Å². The largest absolute Gasteiger partial charge is 0.437 e. The van der Waals surface area contributed by atoms with Crippen LogP contribution in [0.1, 0.15) is 10.4 Å². The fourth-order valence-electron chi connectivity index (χ4n) is 1.97. The van der Waals surface area contributed by atoms with Gasteiger partial charge in [0.1, 0.15) is 5.75 Å². The van der Waals surface area contributed by atoms with Crippen LogP contribution < -0.4 is 10.1 Å². The van der Waals surface area contributed by atoms with Crippen molar-refractivity contribution >= 4 is 39.1 Å². The molecular weight excluding hydrogens is 394 g/mol. The van der Waals surface area contributed by atoms with Crippen LogP contribution in [-0.2, 0) is 0 Å². The second-order valence-electron chi connectivity index (χ2n) is 4.75. The summed E-state index contributed by atoms with van der Waals surface area (Å²) in [7, 11) is 0. The van der Waals surface area contributed by atoms with Crippen LogP contribution in [0.25, 0.3) is 0 Å². The monoisotopic (exact) mass is 403 g/mol. The molecule has 120 valence electrons. The number of hydrogen-bond acceptors (Lipinski definition) is 4. The second kappa shape index (κ2) is 7.42. The number of aromatic nitrogens is 2. The number of benzene rings is 2. The normalized spacial score (nSPS) is 10.2. The first-order valence-electron chi connectivity index (χ1n) is 6.92. The number of ether oxygens (including phenoxy) is 1. The Balaban J connectivity index is 1.77. The highest BCUT2D eigenvalue weighted by Gasteiger charge is 2.11. The van der Waals surface area contributed by atoms with Crippen molar-refractivity contribution in [1.82, 2.24) is 9.97 Å². The van der Waals surface area contributed by atoms with Gasteiger partial charge in [0.05, 0.1) is 16.8 Å². The summed E-state index contributed by atoms with van der Waals surface area (Å²) in [5.41, 5.74) is 0.962. The molecule has 0 aliphatic carbocycles. The minimum atomic E-state index is -0.307. The predicted molar refractivity (Wildman–Crippen MR) is 95.7 cm³/mol.